The second-order valence-electron chi connectivity index (χ2n) is 3.19. The van der Waals surface area contributed by atoms with E-state index in [1.54, 1.807) is 12.1 Å². The number of hydrogen-bond donors (Lipinski definition) is 2. The number of carbonyl (C=O) groups is 1. The van der Waals surface area contributed by atoms with Crippen molar-refractivity contribution in [2.45, 2.75) is 6.61 Å². The van der Waals surface area contributed by atoms with Gasteiger partial charge in [-0.2, -0.15) is 0 Å². The van der Waals surface area contributed by atoms with Crippen LogP contribution in [0.15, 0.2) is 34.9 Å². The summed E-state index contributed by atoms with van der Waals surface area (Å²) in [5, 5.41) is 17.6. The maximum atomic E-state index is 10.8. The normalized spacial score (nSPS) is 10.3. The highest BCUT2D eigenvalue weighted by Gasteiger charge is 2.09. The predicted molar refractivity (Wildman–Crippen MR) is 54.8 cm³/mol. The Labute approximate surface area is 91.0 Å². The lowest BCUT2D eigenvalue weighted by Gasteiger charge is -1.97. The lowest BCUT2D eigenvalue weighted by atomic mass is 10.1. The summed E-state index contributed by atoms with van der Waals surface area (Å²) in [6.07, 6.45) is 1.34. The minimum atomic E-state index is -1.00. The highest BCUT2D eigenvalue weighted by Crippen LogP contribution is 2.19. The van der Waals surface area contributed by atoms with E-state index >= 15 is 0 Å². The van der Waals surface area contributed by atoms with Crippen molar-refractivity contribution in [2.75, 3.05) is 0 Å². The molecular formula is C11H9NO4. The summed E-state index contributed by atoms with van der Waals surface area (Å²) in [5.74, 6) is -0.706. The lowest BCUT2D eigenvalue weighted by Crippen LogP contribution is -1.95. The number of carboxylic acid groups (broad SMARTS) is 1. The quantitative estimate of drug-likeness (QED) is 0.817. The van der Waals surface area contributed by atoms with Crippen LogP contribution in [0.25, 0.3) is 11.5 Å². The minimum absolute atomic E-state index is 0.168. The van der Waals surface area contributed by atoms with Gasteiger partial charge in [0.05, 0.1) is 12.2 Å². The molecule has 0 aliphatic rings. The first-order chi connectivity index (χ1) is 7.70. The van der Waals surface area contributed by atoms with E-state index in [1.807, 2.05) is 0 Å². The molecule has 0 unspecified atom stereocenters. The molecule has 0 radical (unpaired) electrons. The van der Waals surface area contributed by atoms with Gasteiger partial charge in [-0.05, 0) is 18.2 Å². The molecule has 1 aromatic carbocycles. The standard InChI is InChI=1S/C11H9NO4/c13-5-9-6-16-10(12-9)7-2-1-3-8(4-7)11(14)15/h1-4,6,13H,5H2,(H,14,15). The fourth-order valence-electron chi connectivity index (χ4n) is 1.30. The van der Waals surface area contributed by atoms with Gasteiger partial charge in [-0.25, -0.2) is 9.78 Å². The monoisotopic (exact) mass is 219 g/mol. The molecule has 5 nitrogen and oxygen atoms in total. The Kier molecular flexibility index (Phi) is 2.70. The number of hydrogen-bond acceptors (Lipinski definition) is 4. The van der Waals surface area contributed by atoms with Gasteiger partial charge in [0.15, 0.2) is 0 Å². The second kappa shape index (κ2) is 4.16. The topological polar surface area (TPSA) is 83.6 Å². The number of aromatic nitrogens is 1. The van der Waals surface area contributed by atoms with Crippen molar-refractivity contribution in [1.82, 2.24) is 4.98 Å². The molecule has 1 heterocycles. The molecular weight excluding hydrogens is 210 g/mol. The van der Waals surface area contributed by atoms with Crippen LogP contribution in [0, 0.1) is 0 Å². The zero-order chi connectivity index (χ0) is 11.5. The number of aliphatic hydroxyl groups is 1. The molecule has 0 atom stereocenters. The van der Waals surface area contributed by atoms with Crippen LogP contribution < -0.4 is 0 Å². The molecule has 0 fully saturated rings. The average molecular weight is 219 g/mol. The van der Waals surface area contributed by atoms with Crippen LogP contribution in [-0.4, -0.2) is 21.2 Å². The first-order valence-electron chi connectivity index (χ1n) is 4.59. The van der Waals surface area contributed by atoms with E-state index < -0.39 is 5.97 Å². The van der Waals surface area contributed by atoms with Gasteiger partial charge in [-0.3, -0.25) is 0 Å². The van der Waals surface area contributed by atoms with Gasteiger partial charge < -0.3 is 14.6 Å². The van der Waals surface area contributed by atoms with Crippen molar-refractivity contribution in [3.8, 4) is 11.5 Å². The van der Waals surface area contributed by atoms with Gasteiger partial charge in [-0.15, -0.1) is 0 Å². The molecule has 1 aromatic heterocycles. The van der Waals surface area contributed by atoms with Gasteiger partial charge in [0.1, 0.15) is 12.0 Å². The maximum absolute atomic E-state index is 10.8. The van der Waals surface area contributed by atoms with Crippen molar-refractivity contribution in [3.05, 3.63) is 41.8 Å². The van der Waals surface area contributed by atoms with Crippen LogP contribution in [0.1, 0.15) is 16.1 Å². The smallest absolute Gasteiger partial charge is 0.335 e. The average Bonchev–Trinajstić information content (AvgIpc) is 2.77. The molecule has 2 rings (SSSR count). The number of rotatable bonds is 3. The molecule has 0 aliphatic heterocycles. The van der Waals surface area contributed by atoms with Crippen molar-refractivity contribution in [3.63, 3.8) is 0 Å². The summed E-state index contributed by atoms with van der Waals surface area (Å²) in [6.45, 7) is -0.206. The SMILES string of the molecule is O=C(O)c1cccc(-c2nc(CO)co2)c1. The minimum Gasteiger partial charge on any atom is -0.478 e. The summed E-state index contributed by atoms with van der Waals surface area (Å²) in [4.78, 5) is 14.7. The van der Waals surface area contributed by atoms with E-state index in [0.29, 0.717) is 17.1 Å². The van der Waals surface area contributed by atoms with Gasteiger partial charge in [0.2, 0.25) is 5.89 Å². The molecule has 0 saturated carbocycles. The second-order valence-corrected chi connectivity index (χ2v) is 3.19. The van der Waals surface area contributed by atoms with Crippen molar-refractivity contribution < 1.29 is 19.4 Å². The molecule has 0 saturated heterocycles. The lowest BCUT2D eigenvalue weighted by molar-refractivity contribution is 0.0697. The van der Waals surface area contributed by atoms with Crippen LogP contribution >= 0.6 is 0 Å². The van der Waals surface area contributed by atoms with E-state index in [1.165, 1.54) is 18.4 Å². The molecule has 2 N–H and O–H groups in total. The number of aliphatic hydroxyl groups excluding tert-OH is 1. The molecule has 16 heavy (non-hydrogen) atoms. The highest BCUT2D eigenvalue weighted by molar-refractivity contribution is 5.88. The van der Waals surface area contributed by atoms with Gasteiger partial charge in [0.25, 0.3) is 0 Å². The number of oxazole rings is 1. The molecule has 0 spiro atoms. The molecule has 0 amide bonds. The molecule has 82 valence electrons. The fraction of sp³-hybridized carbons (Fsp3) is 0.0909. The zero-order valence-corrected chi connectivity index (χ0v) is 8.25. The third kappa shape index (κ3) is 1.94. The van der Waals surface area contributed by atoms with Crippen molar-refractivity contribution >= 4 is 5.97 Å². The van der Waals surface area contributed by atoms with E-state index in [4.69, 9.17) is 14.6 Å². The van der Waals surface area contributed by atoms with Gasteiger partial charge >= 0.3 is 5.97 Å². The van der Waals surface area contributed by atoms with Gasteiger partial charge in [0, 0.05) is 5.56 Å². The van der Waals surface area contributed by atoms with E-state index in [9.17, 15) is 4.79 Å². The maximum Gasteiger partial charge on any atom is 0.335 e. The van der Waals surface area contributed by atoms with Crippen LogP contribution in [0.2, 0.25) is 0 Å². The summed E-state index contributed by atoms with van der Waals surface area (Å²) >= 11 is 0. The molecule has 2 aromatic rings. The first-order valence-corrected chi connectivity index (χ1v) is 4.59. The number of carboxylic acids is 1. The third-order valence-corrected chi connectivity index (χ3v) is 2.07. The van der Waals surface area contributed by atoms with Crippen LogP contribution in [0.3, 0.4) is 0 Å². The predicted octanol–water partition coefficient (Wildman–Crippen LogP) is 1.53. The Balaban J connectivity index is 2.40. The van der Waals surface area contributed by atoms with Gasteiger partial charge in [-0.1, -0.05) is 6.07 Å². The van der Waals surface area contributed by atoms with Crippen LogP contribution in [0.4, 0.5) is 0 Å². The van der Waals surface area contributed by atoms with E-state index in [-0.39, 0.29) is 12.2 Å². The third-order valence-electron chi connectivity index (χ3n) is 2.07. The molecule has 5 heteroatoms. The number of nitrogens with zero attached hydrogens (tertiary/aromatic N) is 1. The van der Waals surface area contributed by atoms with Crippen LogP contribution in [0.5, 0.6) is 0 Å². The number of aromatic carboxylic acids is 1. The first kappa shape index (κ1) is 10.4. The largest absolute Gasteiger partial charge is 0.478 e. The molecule has 0 aliphatic carbocycles. The number of benzene rings is 1. The zero-order valence-electron chi connectivity index (χ0n) is 8.25. The summed E-state index contributed by atoms with van der Waals surface area (Å²) in [7, 11) is 0. The summed E-state index contributed by atoms with van der Waals surface area (Å²) in [6, 6.07) is 6.26. The Morgan fingerprint density at radius 1 is 1.44 bits per heavy atom. The highest BCUT2D eigenvalue weighted by atomic mass is 16.4. The Morgan fingerprint density at radius 3 is 2.88 bits per heavy atom. The van der Waals surface area contributed by atoms with E-state index in [2.05, 4.69) is 4.98 Å². The Hall–Kier alpha value is -2.14. The molecule has 0 bridgehead atoms. The van der Waals surface area contributed by atoms with Crippen LogP contribution in [-0.2, 0) is 6.61 Å². The Morgan fingerprint density at radius 2 is 2.25 bits per heavy atom. The van der Waals surface area contributed by atoms with Crippen molar-refractivity contribution in [1.29, 1.82) is 0 Å². The fourth-order valence-corrected chi connectivity index (χ4v) is 1.30. The van der Waals surface area contributed by atoms with Crippen molar-refractivity contribution in [2.24, 2.45) is 0 Å². The Bertz CT molecular complexity index is 518. The van der Waals surface area contributed by atoms with E-state index in [0.717, 1.165) is 0 Å². The summed E-state index contributed by atoms with van der Waals surface area (Å²) in [5.41, 5.74) is 1.15. The summed E-state index contributed by atoms with van der Waals surface area (Å²) < 4.78 is 5.11.